The van der Waals surface area contributed by atoms with E-state index < -0.39 is 20.5 Å². The maximum atomic E-state index is 12.7. The van der Waals surface area contributed by atoms with Crippen molar-refractivity contribution in [3.05, 3.63) is 0 Å². The summed E-state index contributed by atoms with van der Waals surface area (Å²) >= 11 is 0. The van der Waals surface area contributed by atoms with Crippen LogP contribution in [0.15, 0.2) is 0 Å². The fourth-order valence-electron chi connectivity index (χ4n) is 4.21. The van der Waals surface area contributed by atoms with E-state index in [0.717, 1.165) is 31.0 Å². The van der Waals surface area contributed by atoms with Crippen molar-refractivity contribution >= 4 is 20.3 Å². The molecule has 0 spiro atoms. The van der Waals surface area contributed by atoms with Gasteiger partial charge in [-0.25, -0.2) is 9.69 Å². The van der Waals surface area contributed by atoms with Gasteiger partial charge < -0.3 is 9.16 Å². The van der Waals surface area contributed by atoms with E-state index in [-0.39, 0.29) is 11.9 Å². The van der Waals surface area contributed by atoms with Gasteiger partial charge in [-0.05, 0) is 43.8 Å². The van der Waals surface area contributed by atoms with Gasteiger partial charge in [0, 0.05) is 0 Å². The van der Waals surface area contributed by atoms with Gasteiger partial charge in [-0.2, -0.15) is 0 Å². The topological polar surface area (TPSA) is 55.8 Å². The van der Waals surface area contributed by atoms with E-state index in [1.165, 1.54) is 24.2 Å². The lowest BCUT2D eigenvalue weighted by Gasteiger charge is -2.51. The van der Waals surface area contributed by atoms with Gasteiger partial charge in [0.05, 0.1) is 12.6 Å². The zero-order chi connectivity index (χ0) is 17.7. The minimum Gasteiger partial charge on any atom is -0.449 e. The highest BCUT2D eigenvalue weighted by atomic mass is 28.4. The van der Waals surface area contributed by atoms with Crippen molar-refractivity contribution in [2.45, 2.75) is 90.1 Å². The highest BCUT2D eigenvalue weighted by molar-refractivity contribution is 6.73. The summed E-state index contributed by atoms with van der Waals surface area (Å²) in [6.07, 6.45) is 4.84. The summed E-state index contributed by atoms with van der Waals surface area (Å²) in [6.45, 7) is 8.57. The predicted octanol–water partition coefficient (Wildman–Crippen LogP) is 4.32. The Hall–Kier alpha value is -0.883. The summed E-state index contributed by atoms with van der Waals surface area (Å²) in [5.74, 6) is 0.180. The van der Waals surface area contributed by atoms with E-state index in [9.17, 15) is 9.59 Å². The van der Waals surface area contributed by atoms with Crippen LogP contribution in [-0.4, -0.2) is 44.0 Å². The highest BCUT2D eigenvalue weighted by Crippen LogP contribution is 2.40. The van der Waals surface area contributed by atoms with E-state index in [4.69, 9.17) is 9.16 Å². The summed E-state index contributed by atoms with van der Waals surface area (Å²) < 4.78 is 11.6. The van der Waals surface area contributed by atoms with Crippen molar-refractivity contribution in [1.29, 1.82) is 0 Å². The van der Waals surface area contributed by atoms with Crippen molar-refractivity contribution in [3.8, 4) is 0 Å². The molecular weight excluding hydrogens is 322 g/mol. The first-order valence-electron chi connectivity index (χ1n) is 9.71. The molecule has 2 aliphatic rings. The molecule has 2 atom stereocenters. The number of carbonyl (C=O) groups is 2. The predicted molar refractivity (Wildman–Crippen MR) is 96.3 cm³/mol. The molecule has 0 radical (unpaired) electrons. The van der Waals surface area contributed by atoms with Gasteiger partial charge in [0.15, 0.2) is 8.32 Å². The molecule has 2 unspecified atom stereocenters. The number of imide groups is 1. The Labute approximate surface area is 147 Å². The molecule has 0 bridgehead atoms. The van der Waals surface area contributed by atoms with E-state index in [0.29, 0.717) is 12.5 Å². The Bertz CT molecular complexity index is 438. The summed E-state index contributed by atoms with van der Waals surface area (Å²) in [6, 6.07) is 2.93. The molecule has 0 aromatic carbocycles. The molecule has 1 aliphatic heterocycles. The number of hydrogen-bond donors (Lipinski definition) is 0. The lowest BCUT2D eigenvalue weighted by Crippen LogP contribution is -2.72. The molecule has 24 heavy (non-hydrogen) atoms. The molecule has 0 aromatic heterocycles. The van der Waals surface area contributed by atoms with Gasteiger partial charge in [-0.3, -0.25) is 4.79 Å². The number of rotatable bonds is 7. The summed E-state index contributed by atoms with van der Waals surface area (Å²) in [5, 5.41) is 0. The zero-order valence-corrected chi connectivity index (χ0v) is 16.7. The van der Waals surface area contributed by atoms with E-state index in [1.807, 2.05) is 0 Å². The minimum absolute atomic E-state index is 0.117. The second kappa shape index (κ2) is 8.47. The fraction of sp³-hybridized carbons (Fsp3) is 0.889. The van der Waals surface area contributed by atoms with Crippen LogP contribution in [0.5, 0.6) is 0 Å². The van der Waals surface area contributed by atoms with Gasteiger partial charge in [0.25, 0.3) is 5.91 Å². The normalized spacial score (nSPS) is 25.5. The van der Waals surface area contributed by atoms with Crippen LogP contribution in [0.3, 0.4) is 0 Å². The van der Waals surface area contributed by atoms with Gasteiger partial charge in [0.1, 0.15) is 6.10 Å². The number of likely N-dealkylation sites (tertiary alicyclic amines) is 1. The van der Waals surface area contributed by atoms with Crippen LogP contribution < -0.4 is 0 Å². The first-order chi connectivity index (χ1) is 11.5. The summed E-state index contributed by atoms with van der Waals surface area (Å²) in [4.78, 5) is 26.3. The van der Waals surface area contributed by atoms with Crippen molar-refractivity contribution in [1.82, 2.24) is 4.90 Å². The van der Waals surface area contributed by atoms with Crippen LogP contribution in [-0.2, 0) is 14.0 Å². The highest BCUT2D eigenvalue weighted by Gasteiger charge is 2.57. The molecule has 1 aliphatic carbocycles. The van der Waals surface area contributed by atoms with Gasteiger partial charge in [-0.15, -0.1) is 0 Å². The Kier molecular flexibility index (Phi) is 6.86. The zero-order valence-electron chi connectivity index (χ0n) is 15.7. The van der Waals surface area contributed by atoms with Crippen LogP contribution in [0.1, 0.15) is 59.8 Å². The molecule has 6 heteroatoms. The average molecular weight is 356 g/mol. The Morgan fingerprint density at radius 1 is 1.08 bits per heavy atom. The first-order valence-corrected chi connectivity index (χ1v) is 12.2. The van der Waals surface area contributed by atoms with Crippen LogP contribution >= 0.6 is 0 Å². The molecule has 1 saturated heterocycles. The second-order valence-corrected chi connectivity index (χ2v) is 11.8. The monoisotopic (exact) mass is 355 g/mol. The molecule has 1 saturated carbocycles. The number of β-lactam (4-membered cyclic amide) rings is 1. The molecule has 0 aromatic rings. The van der Waals surface area contributed by atoms with Gasteiger partial charge >= 0.3 is 6.09 Å². The number of nitrogens with zero attached hydrogens (tertiary/aromatic N) is 1. The molecule has 5 nitrogen and oxygen atoms in total. The molecule has 1 heterocycles. The third kappa shape index (κ3) is 3.69. The summed E-state index contributed by atoms with van der Waals surface area (Å²) in [7, 11) is -1.88. The number of amides is 2. The molecule has 2 rings (SSSR count). The molecule has 138 valence electrons. The maximum Gasteiger partial charge on any atom is 0.416 e. The van der Waals surface area contributed by atoms with Crippen LogP contribution in [0.2, 0.25) is 18.1 Å². The standard InChI is InChI=1S/C18H33NO4Si/c1-5-22-18(21)19-15(14-12-10-9-11-13-14)16(17(19)20)23-24(6-2,7-3)8-4/h14-16H,5-13H2,1-4H3. The van der Waals surface area contributed by atoms with E-state index in [1.54, 1.807) is 6.92 Å². The van der Waals surface area contributed by atoms with E-state index >= 15 is 0 Å². The lowest BCUT2D eigenvalue weighted by molar-refractivity contribution is -0.165. The van der Waals surface area contributed by atoms with Crippen molar-refractivity contribution in [3.63, 3.8) is 0 Å². The Morgan fingerprint density at radius 2 is 1.67 bits per heavy atom. The second-order valence-electron chi connectivity index (χ2n) is 7.08. The van der Waals surface area contributed by atoms with Crippen molar-refractivity contribution in [2.75, 3.05) is 6.61 Å². The van der Waals surface area contributed by atoms with Crippen LogP contribution in [0.4, 0.5) is 4.79 Å². The molecule has 2 fully saturated rings. The first kappa shape index (κ1) is 19.4. The maximum absolute atomic E-state index is 12.7. The molecule has 0 N–H and O–H groups in total. The molecule has 2 amide bonds. The average Bonchev–Trinajstić information content (AvgIpc) is 2.62. The minimum atomic E-state index is -1.88. The lowest BCUT2D eigenvalue weighted by atomic mass is 9.77. The van der Waals surface area contributed by atoms with Gasteiger partial charge in [-0.1, -0.05) is 40.0 Å². The SMILES string of the molecule is CCOC(=O)N1C(=O)C(O[Si](CC)(CC)CC)C1C1CCCCC1. The van der Waals surface area contributed by atoms with Crippen molar-refractivity contribution < 1.29 is 18.8 Å². The summed E-state index contributed by atoms with van der Waals surface area (Å²) in [5.41, 5.74) is 0. The molecular formula is C18H33NO4Si. The fourth-order valence-corrected chi connectivity index (χ4v) is 6.99. The van der Waals surface area contributed by atoms with Crippen LogP contribution in [0.25, 0.3) is 0 Å². The number of ether oxygens (including phenoxy) is 1. The quantitative estimate of drug-likeness (QED) is 0.504. The van der Waals surface area contributed by atoms with E-state index in [2.05, 4.69) is 20.8 Å². The van der Waals surface area contributed by atoms with Gasteiger partial charge in [0.2, 0.25) is 0 Å². The third-order valence-electron chi connectivity index (χ3n) is 6.00. The largest absolute Gasteiger partial charge is 0.449 e. The number of hydrogen-bond acceptors (Lipinski definition) is 4. The van der Waals surface area contributed by atoms with Crippen molar-refractivity contribution in [2.24, 2.45) is 5.92 Å². The third-order valence-corrected chi connectivity index (χ3v) is 10.6. The van der Waals surface area contributed by atoms with Crippen LogP contribution in [0, 0.1) is 5.92 Å². The Morgan fingerprint density at radius 3 is 2.17 bits per heavy atom. The smallest absolute Gasteiger partial charge is 0.416 e. The number of carbonyl (C=O) groups excluding carboxylic acids is 2. The Balaban J connectivity index is 2.18.